The standard InChI is InChI=1S/C16H20N4O4S/c1-11(2)5-6-19-9-13(8-17-19)12-3-4-14(15(21)7-12)20-10-16(22)18-25(20,23)24/h3-4,7-11,18,21-22H,5-6H2,1-2H3. The second kappa shape index (κ2) is 6.32. The Kier molecular flexibility index (Phi) is 4.34. The molecule has 0 aliphatic carbocycles. The van der Waals surface area contributed by atoms with Gasteiger partial charge in [-0.3, -0.25) is 4.68 Å². The number of aryl methyl sites for hydroxylation is 1. The van der Waals surface area contributed by atoms with Gasteiger partial charge in [0, 0.05) is 18.3 Å². The van der Waals surface area contributed by atoms with Gasteiger partial charge in [0.2, 0.25) is 5.88 Å². The highest BCUT2D eigenvalue weighted by Crippen LogP contribution is 2.35. The number of hydrogen-bond donors (Lipinski definition) is 3. The molecular formula is C16H20N4O4S. The molecule has 1 aromatic heterocycles. The number of nitrogens with one attached hydrogen (secondary N) is 1. The molecule has 0 unspecified atom stereocenters. The quantitative estimate of drug-likeness (QED) is 0.755. The summed E-state index contributed by atoms with van der Waals surface area (Å²) in [6.07, 6.45) is 5.60. The van der Waals surface area contributed by atoms with E-state index in [0.717, 1.165) is 34.6 Å². The van der Waals surface area contributed by atoms with Gasteiger partial charge in [-0.25, -0.2) is 9.03 Å². The zero-order valence-electron chi connectivity index (χ0n) is 13.9. The van der Waals surface area contributed by atoms with Gasteiger partial charge < -0.3 is 10.2 Å². The van der Waals surface area contributed by atoms with E-state index in [2.05, 4.69) is 18.9 Å². The van der Waals surface area contributed by atoms with Gasteiger partial charge in [-0.1, -0.05) is 19.9 Å². The summed E-state index contributed by atoms with van der Waals surface area (Å²) in [6.45, 7) is 5.10. The summed E-state index contributed by atoms with van der Waals surface area (Å²) in [7, 11) is -3.94. The Balaban J connectivity index is 1.86. The molecule has 1 aliphatic heterocycles. The van der Waals surface area contributed by atoms with Crippen LogP contribution in [-0.4, -0.2) is 28.4 Å². The minimum atomic E-state index is -3.94. The van der Waals surface area contributed by atoms with Crippen LogP contribution in [0.25, 0.3) is 11.1 Å². The molecule has 0 spiro atoms. The molecule has 25 heavy (non-hydrogen) atoms. The normalized spacial score (nSPS) is 16.1. The number of hydrogen-bond acceptors (Lipinski definition) is 5. The average Bonchev–Trinajstić information content (AvgIpc) is 3.09. The SMILES string of the molecule is CC(C)CCn1cc(-c2ccc(N3C=C(O)NS3(=O)=O)c(O)c2)cn1. The van der Waals surface area contributed by atoms with Crippen LogP contribution >= 0.6 is 0 Å². The molecule has 0 radical (unpaired) electrons. The Morgan fingerprint density at radius 1 is 1.24 bits per heavy atom. The Bertz CT molecular complexity index is 918. The van der Waals surface area contributed by atoms with Crippen LogP contribution in [0.15, 0.2) is 42.7 Å². The molecule has 1 aliphatic rings. The number of aromatic hydroxyl groups is 1. The Morgan fingerprint density at radius 3 is 2.60 bits per heavy atom. The molecule has 1 aromatic carbocycles. The van der Waals surface area contributed by atoms with E-state index in [1.165, 1.54) is 12.1 Å². The van der Waals surface area contributed by atoms with Gasteiger partial charge in [0.15, 0.2) is 0 Å². The highest BCUT2D eigenvalue weighted by molar-refractivity contribution is 7.91. The maximum atomic E-state index is 11.9. The van der Waals surface area contributed by atoms with E-state index in [0.29, 0.717) is 5.92 Å². The molecule has 9 heteroatoms. The summed E-state index contributed by atoms with van der Waals surface area (Å²) in [5.74, 6) is -0.143. The minimum Gasteiger partial charge on any atom is -0.506 e. The largest absolute Gasteiger partial charge is 0.506 e. The summed E-state index contributed by atoms with van der Waals surface area (Å²) >= 11 is 0. The lowest BCUT2D eigenvalue weighted by molar-refractivity contribution is 0.392. The first kappa shape index (κ1) is 17.2. The summed E-state index contributed by atoms with van der Waals surface area (Å²) in [6, 6.07) is 4.64. The van der Waals surface area contributed by atoms with Crippen molar-refractivity contribution in [1.29, 1.82) is 0 Å². The number of phenols is 1. The van der Waals surface area contributed by atoms with E-state index < -0.39 is 16.1 Å². The Morgan fingerprint density at radius 2 is 2.00 bits per heavy atom. The van der Waals surface area contributed by atoms with Crippen LogP contribution in [0.3, 0.4) is 0 Å². The Hall–Kier alpha value is -2.68. The third-order valence-electron chi connectivity index (χ3n) is 3.85. The van der Waals surface area contributed by atoms with Crippen molar-refractivity contribution in [1.82, 2.24) is 14.5 Å². The second-order valence-corrected chi connectivity index (χ2v) is 7.84. The number of nitrogens with zero attached hydrogens (tertiary/aromatic N) is 3. The summed E-state index contributed by atoms with van der Waals surface area (Å²) in [5.41, 5.74) is 1.59. The van der Waals surface area contributed by atoms with E-state index in [4.69, 9.17) is 0 Å². The lowest BCUT2D eigenvalue weighted by atomic mass is 10.1. The van der Waals surface area contributed by atoms with Gasteiger partial charge in [-0.15, -0.1) is 0 Å². The van der Waals surface area contributed by atoms with Crippen molar-refractivity contribution in [2.75, 3.05) is 4.31 Å². The van der Waals surface area contributed by atoms with Crippen LogP contribution < -0.4 is 9.03 Å². The molecule has 2 aromatic rings. The predicted molar refractivity (Wildman–Crippen MR) is 94.0 cm³/mol. The smallest absolute Gasteiger partial charge is 0.330 e. The number of phenolic OH excluding ortho intramolecular Hbond substituents is 1. The molecule has 3 rings (SSSR count). The highest BCUT2D eigenvalue weighted by Gasteiger charge is 2.30. The predicted octanol–water partition coefficient (Wildman–Crippen LogP) is 2.31. The fourth-order valence-electron chi connectivity index (χ4n) is 2.50. The van der Waals surface area contributed by atoms with Crippen molar-refractivity contribution >= 4 is 15.9 Å². The van der Waals surface area contributed by atoms with Crippen molar-refractivity contribution in [3.63, 3.8) is 0 Å². The molecule has 8 nitrogen and oxygen atoms in total. The monoisotopic (exact) mass is 364 g/mol. The first-order valence-corrected chi connectivity index (χ1v) is 9.29. The van der Waals surface area contributed by atoms with Gasteiger partial charge in [-0.05, 0) is 30.0 Å². The van der Waals surface area contributed by atoms with E-state index in [1.54, 1.807) is 12.3 Å². The number of anilines is 1. The Labute approximate surface area is 146 Å². The molecule has 0 saturated heterocycles. The number of benzene rings is 1. The topological polar surface area (TPSA) is 108 Å². The van der Waals surface area contributed by atoms with Crippen LogP contribution in [-0.2, 0) is 16.8 Å². The summed E-state index contributed by atoms with van der Waals surface area (Å²) in [4.78, 5) is 0. The van der Waals surface area contributed by atoms with Crippen LogP contribution in [0.1, 0.15) is 20.3 Å². The van der Waals surface area contributed by atoms with Crippen LogP contribution in [0.5, 0.6) is 5.75 Å². The van der Waals surface area contributed by atoms with Gasteiger partial charge >= 0.3 is 10.2 Å². The molecule has 0 saturated carbocycles. The lowest BCUT2D eigenvalue weighted by Crippen LogP contribution is -2.29. The molecule has 134 valence electrons. The van der Waals surface area contributed by atoms with Crippen molar-refractivity contribution in [3.05, 3.63) is 42.7 Å². The van der Waals surface area contributed by atoms with E-state index in [1.807, 2.05) is 15.6 Å². The first-order chi connectivity index (χ1) is 11.8. The van der Waals surface area contributed by atoms with Crippen molar-refractivity contribution in [2.45, 2.75) is 26.8 Å². The first-order valence-electron chi connectivity index (χ1n) is 7.85. The lowest BCUT2D eigenvalue weighted by Gasteiger charge is -2.15. The van der Waals surface area contributed by atoms with E-state index in [-0.39, 0.29) is 11.4 Å². The van der Waals surface area contributed by atoms with Gasteiger partial charge in [0.1, 0.15) is 11.4 Å². The number of aliphatic hydroxyl groups excluding tert-OH is 1. The van der Waals surface area contributed by atoms with Crippen LogP contribution in [0.4, 0.5) is 5.69 Å². The number of rotatable bonds is 5. The molecule has 0 atom stereocenters. The fraction of sp³-hybridized carbons (Fsp3) is 0.312. The fourth-order valence-corrected chi connectivity index (χ4v) is 3.57. The number of aromatic nitrogens is 2. The third-order valence-corrected chi connectivity index (χ3v) is 5.13. The zero-order chi connectivity index (χ0) is 18.2. The second-order valence-electron chi connectivity index (χ2n) is 6.30. The maximum absolute atomic E-state index is 11.9. The van der Waals surface area contributed by atoms with Crippen molar-refractivity contribution in [3.8, 4) is 16.9 Å². The van der Waals surface area contributed by atoms with Crippen molar-refractivity contribution < 1.29 is 18.6 Å². The molecule has 0 amide bonds. The van der Waals surface area contributed by atoms with Gasteiger partial charge in [0.05, 0.1) is 12.4 Å². The molecule has 0 bridgehead atoms. The van der Waals surface area contributed by atoms with Gasteiger partial charge in [0.25, 0.3) is 0 Å². The molecule has 2 heterocycles. The van der Waals surface area contributed by atoms with E-state index in [9.17, 15) is 18.6 Å². The maximum Gasteiger partial charge on any atom is 0.330 e. The van der Waals surface area contributed by atoms with E-state index >= 15 is 0 Å². The summed E-state index contributed by atoms with van der Waals surface area (Å²) in [5, 5.41) is 23.9. The van der Waals surface area contributed by atoms with Crippen molar-refractivity contribution in [2.24, 2.45) is 5.92 Å². The molecule has 3 N–H and O–H groups in total. The molecular weight excluding hydrogens is 344 g/mol. The highest BCUT2D eigenvalue weighted by atomic mass is 32.2. The minimum absolute atomic E-state index is 0.0486. The van der Waals surface area contributed by atoms with Crippen LogP contribution in [0.2, 0.25) is 0 Å². The number of aliphatic hydroxyl groups is 1. The zero-order valence-corrected chi connectivity index (χ0v) is 14.7. The third kappa shape index (κ3) is 3.55. The molecule has 0 fully saturated rings. The average molecular weight is 364 g/mol. The summed E-state index contributed by atoms with van der Waals surface area (Å²) < 4.78 is 28.3. The van der Waals surface area contributed by atoms with Gasteiger partial charge in [-0.2, -0.15) is 13.5 Å². The van der Waals surface area contributed by atoms with Crippen LogP contribution in [0, 0.1) is 5.92 Å².